The van der Waals surface area contributed by atoms with Gasteiger partial charge in [0, 0.05) is 0 Å². The monoisotopic (exact) mass is 593 g/mol. The number of furan rings is 1. The number of nitrogens with zero attached hydrogens (tertiary/aromatic N) is 3. The number of methoxy groups -OCH3 is 1. The molecular formula is C29H25BrClN3O4. The van der Waals surface area contributed by atoms with Gasteiger partial charge in [-0.1, -0.05) is 50.6 Å². The fourth-order valence-electron chi connectivity index (χ4n) is 3.92. The number of benzene rings is 3. The molecule has 0 saturated carbocycles. The maximum atomic E-state index is 13.5. The molecule has 7 nitrogen and oxygen atoms in total. The van der Waals surface area contributed by atoms with E-state index >= 15 is 0 Å². The van der Waals surface area contributed by atoms with Gasteiger partial charge in [0.25, 0.3) is 5.56 Å². The standard InChI is InChI=1S/C29H25BrClN3O4/c1-29(2,3)16-37-26-20(30)12-17(13-21(26)31)15-32-34-27(33-22-9-6-5-8-18(22)28(34)35)25-14-19-23(36-4)10-7-11-24(19)38-25/h5-15H,16H2,1-4H3. The third-order valence-electron chi connectivity index (χ3n) is 5.71. The third kappa shape index (κ3) is 5.19. The highest BCUT2D eigenvalue weighted by molar-refractivity contribution is 9.10. The number of halogens is 2. The largest absolute Gasteiger partial charge is 0.496 e. The van der Waals surface area contributed by atoms with Gasteiger partial charge in [-0.3, -0.25) is 4.79 Å². The molecule has 2 heterocycles. The first-order valence-corrected chi connectivity index (χ1v) is 13.1. The van der Waals surface area contributed by atoms with Crippen LogP contribution in [0, 0.1) is 5.41 Å². The Labute approximate surface area is 232 Å². The average Bonchev–Trinajstić information content (AvgIpc) is 3.31. The Morgan fingerprint density at radius 3 is 2.63 bits per heavy atom. The Hall–Kier alpha value is -3.62. The molecule has 5 rings (SSSR count). The summed E-state index contributed by atoms with van der Waals surface area (Å²) in [7, 11) is 1.60. The molecule has 0 aliphatic carbocycles. The van der Waals surface area contributed by atoms with Crippen LogP contribution in [-0.2, 0) is 0 Å². The summed E-state index contributed by atoms with van der Waals surface area (Å²) in [6.45, 7) is 6.76. The van der Waals surface area contributed by atoms with E-state index in [0.29, 0.717) is 55.4 Å². The summed E-state index contributed by atoms with van der Waals surface area (Å²) in [4.78, 5) is 18.3. The molecule has 0 radical (unpaired) electrons. The molecule has 0 aliphatic rings. The predicted octanol–water partition coefficient (Wildman–Crippen LogP) is 7.54. The maximum Gasteiger partial charge on any atom is 0.282 e. The molecule has 0 N–H and O–H groups in total. The van der Waals surface area contributed by atoms with Crippen molar-refractivity contribution in [3.8, 4) is 23.1 Å². The van der Waals surface area contributed by atoms with E-state index in [4.69, 9.17) is 30.5 Å². The first kappa shape index (κ1) is 26.0. The number of ether oxygens (including phenoxy) is 2. The zero-order valence-corrected chi connectivity index (χ0v) is 23.6. The molecule has 5 aromatic rings. The van der Waals surface area contributed by atoms with E-state index in [-0.39, 0.29) is 16.8 Å². The van der Waals surface area contributed by atoms with E-state index in [9.17, 15) is 4.79 Å². The molecule has 9 heteroatoms. The minimum Gasteiger partial charge on any atom is -0.496 e. The molecule has 0 spiro atoms. The van der Waals surface area contributed by atoms with Crippen LogP contribution in [0.1, 0.15) is 26.3 Å². The third-order valence-corrected chi connectivity index (χ3v) is 6.58. The molecule has 0 saturated heterocycles. The van der Waals surface area contributed by atoms with Gasteiger partial charge in [-0.25, -0.2) is 4.98 Å². The zero-order chi connectivity index (χ0) is 27.0. The number of fused-ring (bicyclic) bond motifs is 2. The average molecular weight is 595 g/mol. The molecule has 0 atom stereocenters. The Bertz CT molecular complexity index is 1730. The van der Waals surface area contributed by atoms with Crippen molar-refractivity contribution < 1.29 is 13.9 Å². The maximum absolute atomic E-state index is 13.5. The van der Waals surface area contributed by atoms with Gasteiger partial charge in [-0.05, 0) is 69.4 Å². The SMILES string of the molecule is COc1cccc2oc(-c3nc4ccccc4c(=O)n3N=Cc3cc(Cl)c(OCC(C)(C)C)c(Br)c3)cc12. The summed E-state index contributed by atoms with van der Waals surface area (Å²) in [6.07, 6.45) is 1.55. The minimum absolute atomic E-state index is 0.0236. The highest BCUT2D eigenvalue weighted by atomic mass is 79.9. The Balaban J connectivity index is 1.61. The molecule has 0 fully saturated rings. The van der Waals surface area contributed by atoms with E-state index in [1.165, 1.54) is 4.68 Å². The van der Waals surface area contributed by atoms with Crippen LogP contribution in [0.15, 0.2) is 79.4 Å². The molecule has 3 aromatic carbocycles. The Morgan fingerprint density at radius 1 is 1.11 bits per heavy atom. The van der Waals surface area contributed by atoms with Crippen LogP contribution in [0.2, 0.25) is 5.02 Å². The molecule has 2 aromatic heterocycles. The van der Waals surface area contributed by atoms with E-state index in [1.54, 1.807) is 43.7 Å². The molecule has 0 aliphatic heterocycles. The van der Waals surface area contributed by atoms with Crippen molar-refractivity contribution in [2.75, 3.05) is 13.7 Å². The van der Waals surface area contributed by atoms with Crippen LogP contribution >= 0.6 is 27.5 Å². The van der Waals surface area contributed by atoms with Gasteiger partial charge in [0.15, 0.2) is 11.5 Å². The lowest BCUT2D eigenvalue weighted by atomic mass is 9.99. The van der Waals surface area contributed by atoms with E-state index in [2.05, 4.69) is 41.8 Å². The van der Waals surface area contributed by atoms with E-state index in [0.717, 1.165) is 5.39 Å². The number of hydrogen-bond donors (Lipinski definition) is 0. The summed E-state index contributed by atoms with van der Waals surface area (Å²) in [5.41, 5.74) is 1.47. The second-order valence-corrected chi connectivity index (χ2v) is 11.2. The van der Waals surface area contributed by atoms with Crippen LogP contribution in [0.4, 0.5) is 0 Å². The van der Waals surface area contributed by atoms with Crippen molar-refractivity contribution in [1.29, 1.82) is 0 Å². The minimum atomic E-state index is -0.329. The lowest BCUT2D eigenvalue weighted by Crippen LogP contribution is -2.20. The van der Waals surface area contributed by atoms with Crippen molar-refractivity contribution in [2.45, 2.75) is 20.8 Å². The number of hydrogen-bond acceptors (Lipinski definition) is 6. The smallest absolute Gasteiger partial charge is 0.282 e. The summed E-state index contributed by atoms with van der Waals surface area (Å²) in [5.74, 6) is 1.86. The number of rotatable bonds is 6. The predicted molar refractivity (Wildman–Crippen MR) is 155 cm³/mol. The summed E-state index contributed by atoms with van der Waals surface area (Å²) >= 11 is 10.1. The second-order valence-electron chi connectivity index (χ2n) is 9.96. The van der Waals surface area contributed by atoms with Crippen molar-refractivity contribution in [3.63, 3.8) is 0 Å². The van der Waals surface area contributed by atoms with Crippen molar-refractivity contribution >= 4 is 55.6 Å². The quantitative estimate of drug-likeness (QED) is 0.190. The van der Waals surface area contributed by atoms with Crippen LogP contribution in [0.25, 0.3) is 33.5 Å². The first-order valence-electron chi connectivity index (χ1n) is 11.9. The van der Waals surface area contributed by atoms with Gasteiger partial charge in [0.2, 0.25) is 5.82 Å². The van der Waals surface area contributed by atoms with Gasteiger partial charge in [-0.2, -0.15) is 9.78 Å². The topological polar surface area (TPSA) is 78.9 Å². The molecule has 0 unspecified atom stereocenters. The van der Waals surface area contributed by atoms with Gasteiger partial charge < -0.3 is 13.9 Å². The van der Waals surface area contributed by atoms with Crippen molar-refractivity contribution in [2.24, 2.45) is 10.5 Å². The Kier molecular flexibility index (Phi) is 7.03. The highest BCUT2D eigenvalue weighted by Crippen LogP contribution is 2.36. The van der Waals surface area contributed by atoms with Gasteiger partial charge in [0.1, 0.15) is 11.3 Å². The van der Waals surface area contributed by atoms with Crippen molar-refractivity contribution in [1.82, 2.24) is 9.66 Å². The lowest BCUT2D eigenvalue weighted by molar-refractivity contribution is 0.197. The zero-order valence-electron chi connectivity index (χ0n) is 21.3. The Morgan fingerprint density at radius 2 is 1.89 bits per heavy atom. The molecule has 0 amide bonds. The molecular weight excluding hydrogens is 570 g/mol. The fourth-order valence-corrected chi connectivity index (χ4v) is 4.91. The molecule has 0 bridgehead atoms. The second kappa shape index (κ2) is 10.3. The van der Waals surface area contributed by atoms with Gasteiger partial charge >= 0.3 is 0 Å². The number of para-hydroxylation sites is 1. The number of aromatic nitrogens is 2. The fraction of sp³-hybridized carbons (Fsp3) is 0.207. The van der Waals surface area contributed by atoms with Crippen molar-refractivity contribution in [3.05, 3.63) is 86.1 Å². The normalized spacial score (nSPS) is 12.1. The van der Waals surface area contributed by atoms with E-state index < -0.39 is 0 Å². The van der Waals surface area contributed by atoms with Gasteiger partial charge in [0.05, 0.1) is 45.7 Å². The summed E-state index contributed by atoms with van der Waals surface area (Å²) < 4.78 is 19.4. The lowest BCUT2D eigenvalue weighted by Gasteiger charge is -2.20. The first-order chi connectivity index (χ1) is 18.1. The molecule has 194 valence electrons. The van der Waals surface area contributed by atoms with Crippen LogP contribution in [0.3, 0.4) is 0 Å². The highest BCUT2D eigenvalue weighted by Gasteiger charge is 2.19. The summed E-state index contributed by atoms with van der Waals surface area (Å²) in [6, 6.07) is 18.0. The van der Waals surface area contributed by atoms with Crippen LogP contribution in [-0.4, -0.2) is 29.6 Å². The van der Waals surface area contributed by atoms with Crippen LogP contribution < -0.4 is 15.0 Å². The van der Waals surface area contributed by atoms with E-state index in [1.807, 2.05) is 30.3 Å². The van der Waals surface area contributed by atoms with Crippen LogP contribution in [0.5, 0.6) is 11.5 Å². The summed E-state index contributed by atoms with van der Waals surface area (Å²) in [5, 5.41) is 6.15. The molecule has 38 heavy (non-hydrogen) atoms. The van der Waals surface area contributed by atoms with Gasteiger partial charge in [-0.15, -0.1) is 0 Å².